The van der Waals surface area contributed by atoms with Gasteiger partial charge in [-0.1, -0.05) is 17.7 Å². The van der Waals surface area contributed by atoms with Crippen LogP contribution in [0.2, 0.25) is 5.02 Å². The summed E-state index contributed by atoms with van der Waals surface area (Å²) in [5.74, 6) is 0.920. The monoisotopic (exact) mass is 344 g/mol. The Kier molecular flexibility index (Phi) is 4.43. The molecule has 2 heterocycles. The molecule has 0 unspecified atom stereocenters. The van der Waals surface area contributed by atoms with Crippen LogP contribution in [0.1, 0.15) is 5.69 Å². The van der Waals surface area contributed by atoms with Crippen LogP contribution in [0.5, 0.6) is 0 Å². The fraction of sp³-hybridized carbons (Fsp3) is 0.0625. The van der Waals surface area contributed by atoms with E-state index >= 15 is 0 Å². The van der Waals surface area contributed by atoms with Crippen molar-refractivity contribution in [1.29, 1.82) is 0 Å². The number of hydrogen-bond donors (Lipinski definition) is 3. The van der Waals surface area contributed by atoms with E-state index in [2.05, 4.69) is 25.6 Å². The Morgan fingerprint density at radius 1 is 1.08 bits per heavy atom. The normalized spacial score (nSPS) is 10.5. The minimum atomic E-state index is -0.495. The Labute approximate surface area is 142 Å². The van der Waals surface area contributed by atoms with Crippen molar-refractivity contribution in [2.24, 2.45) is 0 Å². The summed E-state index contributed by atoms with van der Waals surface area (Å²) in [6.45, 7) is 1.89. The van der Waals surface area contributed by atoms with Crippen molar-refractivity contribution in [2.45, 2.75) is 6.92 Å². The van der Waals surface area contributed by atoms with Crippen LogP contribution < -0.4 is 16.4 Å². The largest absolute Gasteiger partial charge is 0.393 e. The van der Waals surface area contributed by atoms with Crippen LogP contribution in [0, 0.1) is 12.7 Å². The van der Waals surface area contributed by atoms with Gasteiger partial charge in [-0.15, -0.1) is 0 Å². The van der Waals surface area contributed by atoms with Crippen LogP contribution in [-0.4, -0.2) is 15.0 Å². The highest BCUT2D eigenvalue weighted by atomic mass is 35.5. The number of aromatic nitrogens is 3. The molecule has 3 rings (SSSR count). The zero-order valence-corrected chi connectivity index (χ0v) is 13.5. The quantitative estimate of drug-likeness (QED) is 0.662. The lowest BCUT2D eigenvalue weighted by atomic mass is 10.3. The van der Waals surface area contributed by atoms with Gasteiger partial charge in [0.25, 0.3) is 0 Å². The zero-order chi connectivity index (χ0) is 17.1. The first-order chi connectivity index (χ1) is 11.5. The van der Waals surface area contributed by atoms with Gasteiger partial charge in [0.15, 0.2) is 11.6 Å². The Morgan fingerprint density at radius 2 is 1.83 bits per heavy atom. The third kappa shape index (κ3) is 3.52. The summed E-state index contributed by atoms with van der Waals surface area (Å²) < 4.78 is 13.2. The number of nitrogen functional groups attached to an aromatic ring is 1. The van der Waals surface area contributed by atoms with Gasteiger partial charge >= 0.3 is 0 Å². The molecular weight excluding hydrogens is 331 g/mol. The second-order valence-electron chi connectivity index (χ2n) is 5.03. The molecule has 0 saturated heterocycles. The van der Waals surface area contributed by atoms with E-state index < -0.39 is 5.82 Å². The first-order valence-corrected chi connectivity index (χ1v) is 7.44. The maximum Gasteiger partial charge on any atom is 0.160 e. The number of pyridine rings is 1. The highest BCUT2D eigenvalue weighted by molar-refractivity contribution is 6.31. The summed E-state index contributed by atoms with van der Waals surface area (Å²) in [5, 5.41) is 6.05. The van der Waals surface area contributed by atoms with Crippen molar-refractivity contribution in [2.75, 3.05) is 16.4 Å². The molecule has 2 aromatic heterocycles. The third-order valence-electron chi connectivity index (χ3n) is 3.20. The van der Waals surface area contributed by atoms with Crippen molar-refractivity contribution < 1.29 is 4.39 Å². The lowest BCUT2D eigenvalue weighted by Crippen LogP contribution is -2.06. The van der Waals surface area contributed by atoms with E-state index in [1.807, 2.05) is 19.1 Å². The van der Waals surface area contributed by atoms with Crippen LogP contribution >= 0.6 is 11.6 Å². The van der Waals surface area contributed by atoms with E-state index in [0.29, 0.717) is 28.8 Å². The van der Waals surface area contributed by atoms with Gasteiger partial charge in [0, 0.05) is 11.4 Å². The number of hydrogen-bond acceptors (Lipinski definition) is 6. The maximum absolute atomic E-state index is 13.2. The Hall–Kier alpha value is -2.93. The first kappa shape index (κ1) is 15.9. The summed E-state index contributed by atoms with van der Waals surface area (Å²) >= 11 is 5.77. The molecule has 0 aliphatic heterocycles. The molecule has 0 spiro atoms. The Bertz CT molecular complexity index is 886. The molecule has 1 aromatic carbocycles. The number of halogens is 2. The third-order valence-corrected chi connectivity index (χ3v) is 3.49. The molecule has 0 fully saturated rings. The van der Waals surface area contributed by atoms with Crippen molar-refractivity contribution >= 4 is 40.4 Å². The maximum atomic E-state index is 13.2. The van der Waals surface area contributed by atoms with E-state index in [1.54, 1.807) is 6.07 Å². The molecule has 0 atom stereocenters. The minimum Gasteiger partial charge on any atom is -0.393 e. The van der Waals surface area contributed by atoms with Gasteiger partial charge in [0.1, 0.15) is 23.6 Å². The van der Waals surface area contributed by atoms with Crippen molar-refractivity contribution in [3.63, 3.8) is 0 Å². The second-order valence-corrected chi connectivity index (χ2v) is 5.43. The summed E-state index contributed by atoms with van der Waals surface area (Å²) in [7, 11) is 0. The fourth-order valence-electron chi connectivity index (χ4n) is 2.04. The van der Waals surface area contributed by atoms with Crippen LogP contribution in [0.3, 0.4) is 0 Å². The summed E-state index contributed by atoms with van der Waals surface area (Å²) in [5.41, 5.74) is 7.84. The lowest BCUT2D eigenvalue weighted by Gasteiger charge is -2.12. The molecule has 4 N–H and O–H groups in total. The topological polar surface area (TPSA) is 88.8 Å². The summed E-state index contributed by atoms with van der Waals surface area (Å²) in [6.07, 6.45) is 1.36. The van der Waals surface area contributed by atoms with Crippen LogP contribution in [-0.2, 0) is 0 Å². The molecule has 0 aliphatic rings. The van der Waals surface area contributed by atoms with E-state index in [-0.39, 0.29) is 5.02 Å². The SMILES string of the molecule is Cc1cccc(Nc2ncnc(Nc3ccc(F)c(Cl)c3)c2N)n1. The molecule has 6 nitrogen and oxygen atoms in total. The minimum absolute atomic E-state index is 0.00920. The summed E-state index contributed by atoms with van der Waals surface area (Å²) in [6, 6.07) is 9.83. The fourth-order valence-corrected chi connectivity index (χ4v) is 2.22. The number of aryl methyl sites for hydroxylation is 1. The van der Waals surface area contributed by atoms with Crippen molar-refractivity contribution in [3.05, 3.63) is 59.3 Å². The molecule has 24 heavy (non-hydrogen) atoms. The number of nitrogens with one attached hydrogen (secondary N) is 2. The number of benzene rings is 1. The van der Waals surface area contributed by atoms with Gasteiger partial charge in [0.05, 0.1) is 5.02 Å². The molecule has 0 saturated carbocycles. The van der Waals surface area contributed by atoms with Crippen LogP contribution in [0.15, 0.2) is 42.7 Å². The highest BCUT2D eigenvalue weighted by Gasteiger charge is 2.10. The Balaban J connectivity index is 1.86. The van der Waals surface area contributed by atoms with Gasteiger partial charge < -0.3 is 16.4 Å². The van der Waals surface area contributed by atoms with Crippen molar-refractivity contribution in [1.82, 2.24) is 15.0 Å². The molecular formula is C16H14ClFN6. The lowest BCUT2D eigenvalue weighted by molar-refractivity contribution is 0.628. The van der Waals surface area contributed by atoms with Gasteiger partial charge in [0.2, 0.25) is 0 Å². The van der Waals surface area contributed by atoms with Gasteiger partial charge in [-0.25, -0.2) is 19.3 Å². The zero-order valence-electron chi connectivity index (χ0n) is 12.7. The number of nitrogens with zero attached hydrogens (tertiary/aromatic N) is 3. The predicted octanol–water partition coefficient (Wildman–Crippen LogP) is 4.04. The molecule has 122 valence electrons. The average Bonchev–Trinajstić information content (AvgIpc) is 2.55. The molecule has 0 amide bonds. The summed E-state index contributed by atoms with van der Waals surface area (Å²) in [4.78, 5) is 12.6. The number of anilines is 5. The van der Waals surface area contributed by atoms with E-state index in [0.717, 1.165) is 5.69 Å². The standard InChI is InChI=1S/C16H14ClFN6/c1-9-3-2-4-13(22-9)24-16-14(19)15(20-8-21-16)23-10-5-6-12(18)11(17)7-10/h2-8H,19H2,1H3,(H2,20,21,22,23,24). The second kappa shape index (κ2) is 6.67. The predicted molar refractivity (Wildman–Crippen MR) is 93.4 cm³/mol. The average molecular weight is 345 g/mol. The Morgan fingerprint density at radius 3 is 2.54 bits per heavy atom. The van der Waals surface area contributed by atoms with Gasteiger partial charge in [-0.05, 0) is 37.3 Å². The van der Waals surface area contributed by atoms with Gasteiger partial charge in [-0.3, -0.25) is 0 Å². The molecule has 0 radical (unpaired) electrons. The van der Waals surface area contributed by atoms with Crippen molar-refractivity contribution in [3.8, 4) is 0 Å². The van der Waals surface area contributed by atoms with E-state index in [4.69, 9.17) is 17.3 Å². The van der Waals surface area contributed by atoms with Crippen LogP contribution in [0.25, 0.3) is 0 Å². The van der Waals surface area contributed by atoms with Gasteiger partial charge in [-0.2, -0.15) is 0 Å². The highest BCUT2D eigenvalue weighted by Crippen LogP contribution is 2.29. The molecule has 0 aliphatic carbocycles. The number of nitrogens with two attached hydrogens (primary N) is 1. The van der Waals surface area contributed by atoms with E-state index in [1.165, 1.54) is 24.5 Å². The molecule has 0 bridgehead atoms. The molecule has 8 heteroatoms. The smallest absolute Gasteiger partial charge is 0.160 e. The number of rotatable bonds is 4. The van der Waals surface area contributed by atoms with E-state index in [9.17, 15) is 4.39 Å². The molecule has 3 aromatic rings. The van der Waals surface area contributed by atoms with Crippen LogP contribution in [0.4, 0.5) is 33.2 Å². The first-order valence-electron chi connectivity index (χ1n) is 7.06.